The quantitative estimate of drug-likeness (QED) is 0.829. The van der Waals surface area contributed by atoms with Crippen molar-refractivity contribution in [2.24, 2.45) is 5.73 Å². The fourth-order valence-corrected chi connectivity index (χ4v) is 2.08. The summed E-state index contributed by atoms with van der Waals surface area (Å²) in [5.41, 5.74) is 7.06. The SMILES string of the molecule is CCCOCC(C)(N)c1noc(-c2cccc(C)c2Cl)n1. The van der Waals surface area contributed by atoms with Gasteiger partial charge in [0.15, 0.2) is 5.82 Å². The van der Waals surface area contributed by atoms with E-state index >= 15 is 0 Å². The first-order valence-corrected chi connectivity index (χ1v) is 7.30. The maximum Gasteiger partial charge on any atom is 0.259 e. The number of rotatable bonds is 6. The Morgan fingerprint density at radius 1 is 1.43 bits per heavy atom. The molecule has 0 aliphatic rings. The second-order valence-electron chi connectivity index (χ2n) is 5.33. The Balaban J connectivity index is 2.23. The molecular formula is C15H20ClN3O2. The van der Waals surface area contributed by atoms with E-state index in [1.165, 1.54) is 0 Å². The highest BCUT2D eigenvalue weighted by Gasteiger charge is 2.28. The van der Waals surface area contributed by atoms with Crippen molar-refractivity contribution in [3.8, 4) is 11.5 Å². The molecule has 1 atom stereocenters. The lowest BCUT2D eigenvalue weighted by atomic mass is 10.1. The molecule has 0 saturated carbocycles. The second-order valence-corrected chi connectivity index (χ2v) is 5.71. The highest BCUT2D eigenvalue weighted by atomic mass is 35.5. The van der Waals surface area contributed by atoms with Gasteiger partial charge < -0.3 is 15.0 Å². The number of halogens is 1. The lowest BCUT2D eigenvalue weighted by Crippen LogP contribution is -2.39. The smallest absolute Gasteiger partial charge is 0.259 e. The van der Waals surface area contributed by atoms with E-state index in [0.717, 1.165) is 12.0 Å². The van der Waals surface area contributed by atoms with Crippen LogP contribution in [0.25, 0.3) is 11.5 Å². The molecule has 114 valence electrons. The zero-order valence-corrected chi connectivity index (χ0v) is 13.3. The normalized spacial score (nSPS) is 14.1. The molecule has 0 aliphatic heterocycles. The highest BCUT2D eigenvalue weighted by molar-refractivity contribution is 6.33. The number of hydrogen-bond acceptors (Lipinski definition) is 5. The highest BCUT2D eigenvalue weighted by Crippen LogP contribution is 2.30. The zero-order chi connectivity index (χ0) is 15.5. The molecule has 1 aromatic heterocycles. The first-order chi connectivity index (χ1) is 9.95. The van der Waals surface area contributed by atoms with Crippen LogP contribution in [0, 0.1) is 6.92 Å². The van der Waals surface area contributed by atoms with Gasteiger partial charge in [-0.15, -0.1) is 0 Å². The van der Waals surface area contributed by atoms with Crippen LogP contribution in [-0.4, -0.2) is 23.4 Å². The lowest BCUT2D eigenvalue weighted by molar-refractivity contribution is 0.0867. The number of ether oxygens (including phenoxy) is 1. The molecule has 0 aliphatic carbocycles. The van der Waals surface area contributed by atoms with E-state index in [-0.39, 0.29) is 0 Å². The molecule has 1 heterocycles. The molecule has 0 saturated heterocycles. The predicted octanol–water partition coefficient (Wildman–Crippen LogP) is 3.30. The average molecular weight is 310 g/mol. The summed E-state index contributed by atoms with van der Waals surface area (Å²) in [6, 6.07) is 5.66. The Labute approximate surface area is 129 Å². The van der Waals surface area contributed by atoms with E-state index < -0.39 is 5.54 Å². The standard InChI is InChI=1S/C15H20ClN3O2/c1-4-8-20-9-15(3,17)14-18-13(21-19-14)11-7-5-6-10(2)12(11)16/h5-7H,4,8-9,17H2,1-3H3. The third-order valence-corrected chi connectivity index (χ3v) is 3.61. The van der Waals surface area contributed by atoms with E-state index in [1.54, 1.807) is 0 Å². The van der Waals surface area contributed by atoms with Crippen molar-refractivity contribution in [3.63, 3.8) is 0 Å². The number of aryl methyl sites for hydroxylation is 1. The third kappa shape index (κ3) is 3.61. The van der Waals surface area contributed by atoms with Gasteiger partial charge in [-0.2, -0.15) is 4.98 Å². The summed E-state index contributed by atoms with van der Waals surface area (Å²) in [6.45, 7) is 6.77. The topological polar surface area (TPSA) is 74.2 Å². The predicted molar refractivity (Wildman–Crippen MR) is 82.1 cm³/mol. The molecule has 0 bridgehead atoms. The van der Waals surface area contributed by atoms with E-state index in [9.17, 15) is 0 Å². The fraction of sp³-hybridized carbons (Fsp3) is 0.467. The zero-order valence-electron chi connectivity index (χ0n) is 12.5. The van der Waals surface area contributed by atoms with Gasteiger partial charge in [-0.05, 0) is 31.9 Å². The molecule has 1 aromatic carbocycles. The van der Waals surface area contributed by atoms with Crippen LogP contribution < -0.4 is 5.73 Å². The van der Waals surface area contributed by atoms with Crippen LogP contribution in [0.2, 0.25) is 5.02 Å². The number of nitrogens with zero attached hydrogens (tertiary/aromatic N) is 2. The van der Waals surface area contributed by atoms with Crippen molar-refractivity contribution in [1.29, 1.82) is 0 Å². The van der Waals surface area contributed by atoms with E-state index in [2.05, 4.69) is 10.1 Å². The van der Waals surface area contributed by atoms with Crippen LogP contribution in [0.5, 0.6) is 0 Å². The lowest BCUT2D eigenvalue weighted by Gasteiger charge is -2.19. The second kappa shape index (κ2) is 6.56. The number of benzene rings is 1. The van der Waals surface area contributed by atoms with Crippen LogP contribution in [0.3, 0.4) is 0 Å². The Bertz CT molecular complexity index is 611. The molecule has 2 N–H and O–H groups in total. The van der Waals surface area contributed by atoms with Crippen molar-refractivity contribution in [3.05, 3.63) is 34.6 Å². The summed E-state index contributed by atoms with van der Waals surface area (Å²) in [4.78, 5) is 4.37. The van der Waals surface area contributed by atoms with Gasteiger partial charge >= 0.3 is 0 Å². The van der Waals surface area contributed by atoms with Gasteiger partial charge in [-0.1, -0.05) is 35.8 Å². The maximum absolute atomic E-state index is 6.27. The van der Waals surface area contributed by atoms with Crippen molar-refractivity contribution in [2.45, 2.75) is 32.7 Å². The third-order valence-electron chi connectivity index (χ3n) is 3.11. The number of nitrogens with two attached hydrogens (primary N) is 1. The van der Waals surface area contributed by atoms with Crippen LogP contribution in [0.4, 0.5) is 0 Å². The molecule has 2 aromatic rings. The van der Waals surface area contributed by atoms with Gasteiger partial charge in [0.1, 0.15) is 5.54 Å². The van der Waals surface area contributed by atoms with Gasteiger partial charge in [0.2, 0.25) is 0 Å². The fourth-order valence-electron chi connectivity index (χ4n) is 1.87. The Hall–Kier alpha value is -1.43. The summed E-state index contributed by atoms with van der Waals surface area (Å²) in [6.07, 6.45) is 0.937. The van der Waals surface area contributed by atoms with Crippen LogP contribution in [0.1, 0.15) is 31.7 Å². The van der Waals surface area contributed by atoms with Gasteiger partial charge in [-0.3, -0.25) is 0 Å². The summed E-state index contributed by atoms with van der Waals surface area (Å²) in [5.74, 6) is 0.775. The van der Waals surface area contributed by atoms with Crippen molar-refractivity contribution >= 4 is 11.6 Å². The van der Waals surface area contributed by atoms with Crippen LogP contribution in [0.15, 0.2) is 22.7 Å². The summed E-state index contributed by atoms with van der Waals surface area (Å²) >= 11 is 6.27. The summed E-state index contributed by atoms with van der Waals surface area (Å²) < 4.78 is 10.8. The van der Waals surface area contributed by atoms with Crippen molar-refractivity contribution < 1.29 is 9.26 Å². The first-order valence-electron chi connectivity index (χ1n) is 6.92. The van der Waals surface area contributed by atoms with Gasteiger partial charge in [0, 0.05) is 6.61 Å². The van der Waals surface area contributed by atoms with Crippen molar-refractivity contribution in [1.82, 2.24) is 10.1 Å². The maximum atomic E-state index is 6.27. The molecule has 1 unspecified atom stereocenters. The van der Waals surface area contributed by atoms with Crippen LogP contribution >= 0.6 is 11.6 Å². The van der Waals surface area contributed by atoms with Crippen LogP contribution in [-0.2, 0) is 10.3 Å². The van der Waals surface area contributed by atoms with Gasteiger partial charge in [0.05, 0.1) is 17.2 Å². The minimum absolute atomic E-state index is 0.335. The van der Waals surface area contributed by atoms with Gasteiger partial charge in [0.25, 0.3) is 5.89 Å². The molecule has 5 nitrogen and oxygen atoms in total. The Kier molecular flexibility index (Phi) is 4.98. The minimum Gasteiger partial charge on any atom is -0.379 e. The van der Waals surface area contributed by atoms with E-state index in [0.29, 0.717) is 35.5 Å². The molecule has 0 radical (unpaired) electrons. The van der Waals surface area contributed by atoms with Crippen molar-refractivity contribution in [2.75, 3.05) is 13.2 Å². The molecule has 0 amide bonds. The molecular weight excluding hydrogens is 290 g/mol. The summed E-state index contributed by atoms with van der Waals surface area (Å²) in [7, 11) is 0. The molecule has 2 rings (SSSR count). The molecule has 6 heteroatoms. The van der Waals surface area contributed by atoms with E-state index in [1.807, 2.05) is 39.0 Å². The molecule has 0 spiro atoms. The van der Waals surface area contributed by atoms with E-state index in [4.69, 9.17) is 26.6 Å². The number of hydrogen-bond donors (Lipinski definition) is 1. The monoisotopic (exact) mass is 309 g/mol. The Morgan fingerprint density at radius 3 is 2.90 bits per heavy atom. The minimum atomic E-state index is -0.798. The average Bonchev–Trinajstić information content (AvgIpc) is 2.92. The Morgan fingerprint density at radius 2 is 2.19 bits per heavy atom. The molecule has 0 fully saturated rings. The largest absolute Gasteiger partial charge is 0.379 e. The number of aromatic nitrogens is 2. The molecule has 21 heavy (non-hydrogen) atoms. The van der Waals surface area contributed by atoms with Gasteiger partial charge in [-0.25, -0.2) is 0 Å². The first kappa shape index (κ1) is 15.9. The summed E-state index contributed by atoms with van der Waals surface area (Å²) in [5, 5.41) is 4.57.